The van der Waals surface area contributed by atoms with Gasteiger partial charge in [0.2, 0.25) is 5.91 Å². The second-order valence-electron chi connectivity index (χ2n) is 5.22. The van der Waals surface area contributed by atoms with E-state index in [4.69, 9.17) is 9.47 Å². The largest absolute Gasteiger partial charge is 0.494 e. The first kappa shape index (κ1) is 16.9. The van der Waals surface area contributed by atoms with Gasteiger partial charge in [-0.15, -0.1) is 0 Å². The topological polar surface area (TPSA) is 47.6 Å². The van der Waals surface area contributed by atoms with E-state index in [1.165, 1.54) is 0 Å². The van der Waals surface area contributed by atoms with Crippen molar-refractivity contribution in [1.29, 1.82) is 0 Å². The molecule has 4 nitrogen and oxygen atoms in total. The number of rotatable bonds is 8. The number of hydrogen-bond donors (Lipinski definition) is 1. The maximum absolute atomic E-state index is 11.9. The zero-order chi connectivity index (χ0) is 16.5. The fourth-order valence-corrected chi connectivity index (χ4v) is 2.15. The van der Waals surface area contributed by atoms with Gasteiger partial charge in [0.05, 0.1) is 13.2 Å². The highest BCUT2D eigenvalue weighted by Gasteiger charge is 2.04. The summed E-state index contributed by atoms with van der Waals surface area (Å²) in [5.41, 5.74) is 1.93. The van der Waals surface area contributed by atoms with Crippen molar-refractivity contribution in [2.24, 2.45) is 0 Å². The first-order valence-corrected chi connectivity index (χ1v) is 7.90. The Kier molecular flexibility index (Phi) is 6.48. The Hall–Kier alpha value is -2.49. The Morgan fingerprint density at radius 2 is 1.65 bits per heavy atom. The zero-order valence-electron chi connectivity index (χ0n) is 13.7. The quantitative estimate of drug-likeness (QED) is 0.743. The van der Waals surface area contributed by atoms with Crippen LogP contribution >= 0.6 is 0 Å². The molecule has 4 heteroatoms. The summed E-state index contributed by atoms with van der Waals surface area (Å²) in [6.07, 6.45) is 1.11. The molecule has 0 unspecified atom stereocenters. The first-order valence-electron chi connectivity index (χ1n) is 7.90. The van der Waals surface area contributed by atoms with Crippen LogP contribution in [0.3, 0.4) is 0 Å². The van der Waals surface area contributed by atoms with Crippen LogP contribution in [-0.2, 0) is 4.79 Å². The second-order valence-corrected chi connectivity index (χ2v) is 5.22. The van der Waals surface area contributed by atoms with Crippen LogP contribution in [0.25, 0.3) is 0 Å². The fraction of sp³-hybridized carbons (Fsp3) is 0.316. The molecule has 0 saturated carbocycles. The third-order valence-electron chi connectivity index (χ3n) is 3.37. The molecule has 0 aliphatic rings. The van der Waals surface area contributed by atoms with Gasteiger partial charge in [0.1, 0.15) is 11.5 Å². The van der Waals surface area contributed by atoms with Crippen LogP contribution in [0.4, 0.5) is 5.69 Å². The van der Waals surface area contributed by atoms with Crippen molar-refractivity contribution < 1.29 is 14.3 Å². The van der Waals surface area contributed by atoms with Gasteiger partial charge < -0.3 is 14.8 Å². The minimum atomic E-state index is 0.00888. The molecule has 2 aromatic carbocycles. The normalized spacial score (nSPS) is 10.2. The van der Waals surface area contributed by atoms with E-state index in [0.717, 1.165) is 22.7 Å². The van der Waals surface area contributed by atoms with Gasteiger partial charge in [0, 0.05) is 12.1 Å². The van der Waals surface area contributed by atoms with Crippen molar-refractivity contribution in [2.75, 3.05) is 18.5 Å². The molecule has 0 heterocycles. The minimum absolute atomic E-state index is 0.00888. The minimum Gasteiger partial charge on any atom is -0.494 e. The van der Waals surface area contributed by atoms with E-state index in [0.29, 0.717) is 26.1 Å². The Morgan fingerprint density at radius 3 is 2.30 bits per heavy atom. The Bertz CT molecular complexity index is 623. The molecule has 0 radical (unpaired) electrons. The fourth-order valence-electron chi connectivity index (χ4n) is 2.15. The summed E-state index contributed by atoms with van der Waals surface area (Å²) >= 11 is 0. The molecule has 23 heavy (non-hydrogen) atoms. The second kappa shape index (κ2) is 8.83. The summed E-state index contributed by atoms with van der Waals surface area (Å²) in [7, 11) is 0. The number of carbonyl (C=O) groups is 1. The molecule has 0 fully saturated rings. The van der Waals surface area contributed by atoms with E-state index in [-0.39, 0.29) is 5.91 Å². The summed E-state index contributed by atoms with van der Waals surface area (Å²) in [6.45, 7) is 5.09. The van der Waals surface area contributed by atoms with Crippen LogP contribution in [-0.4, -0.2) is 19.1 Å². The van der Waals surface area contributed by atoms with Crippen LogP contribution in [0, 0.1) is 6.92 Å². The number of anilines is 1. The van der Waals surface area contributed by atoms with Crippen LogP contribution in [0.1, 0.15) is 25.3 Å². The van der Waals surface area contributed by atoms with E-state index in [1.54, 1.807) is 0 Å². The lowest BCUT2D eigenvalue weighted by Gasteiger charge is -2.09. The molecule has 0 saturated heterocycles. The van der Waals surface area contributed by atoms with Crippen LogP contribution < -0.4 is 14.8 Å². The molecule has 2 rings (SSSR count). The summed E-state index contributed by atoms with van der Waals surface area (Å²) in [5.74, 6) is 1.62. The SMILES string of the molecule is CCOc1ccc(OCCCC(=O)Nc2ccccc2C)cc1. The van der Waals surface area contributed by atoms with Crippen molar-refractivity contribution in [1.82, 2.24) is 0 Å². The van der Waals surface area contributed by atoms with Gasteiger partial charge in [0.25, 0.3) is 0 Å². The average Bonchev–Trinajstić information content (AvgIpc) is 2.55. The highest BCUT2D eigenvalue weighted by molar-refractivity contribution is 5.91. The number of carbonyl (C=O) groups excluding carboxylic acids is 1. The summed E-state index contributed by atoms with van der Waals surface area (Å²) < 4.78 is 11.0. The average molecular weight is 313 g/mol. The Labute approximate surface area is 137 Å². The van der Waals surface area contributed by atoms with E-state index >= 15 is 0 Å². The van der Waals surface area contributed by atoms with Crippen LogP contribution in [0.15, 0.2) is 48.5 Å². The summed E-state index contributed by atoms with van der Waals surface area (Å²) in [5, 5.41) is 2.92. The smallest absolute Gasteiger partial charge is 0.224 e. The molecular formula is C19H23NO3. The maximum atomic E-state index is 11.9. The number of benzene rings is 2. The Balaban J connectivity index is 1.68. The lowest BCUT2D eigenvalue weighted by Crippen LogP contribution is -2.13. The van der Waals surface area contributed by atoms with Gasteiger partial charge in [-0.2, -0.15) is 0 Å². The van der Waals surface area contributed by atoms with E-state index < -0.39 is 0 Å². The zero-order valence-corrected chi connectivity index (χ0v) is 13.7. The van der Waals surface area contributed by atoms with Gasteiger partial charge in [-0.25, -0.2) is 0 Å². The van der Waals surface area contributed by atoms with Crippen molar-refractivity contribution in [2.45, 2.75) is 26.7 Å². The molecule has 1 amide bonds. The third kappa shape index (κ3) is 5.66. The number of aryl methyl sites for hydroxylation is 1. The first-order chi connectivity index (χ1) is 11.2. The van der Waals surface area contributed by atoms with Crippen molar-refractivity contribution in [3.63, 3.8) is 0 Å². The van der Waals surface area contributed by atoms with Gasteiger partial charge in [-0.05, 0) is 56.2 Å². The van der Waals surface area contributed by atoms with Crippen molar-refractivity contribution >= 4 is 11.6 Å². The highest BCUT2D eigenvalue weighted by atomic mass is 16.5. The molecule has 1 N–H and O–H groups in total. The number of nitrogens with one attached hydrogen (secondary N) is 1. The molecule has 0 atom stereocenters. The third-order valence-corrected chi connectivity index (χ3v) is 3.37. The summed E-state index contributed by atoms with van der Waals surface area (Å²) in [6, 6.07) is 15.3. The predicted molar refractivity (Wildman–Crippen MR) is 92.1 cm³/mol. The van der Waals surface area contributed by atoms with Gasteiger partial charge >= 0.3 is 0 Å². The Morgan fingerprint density at radius 1 is 1.00 bits per heavy atom. The maximum Gasteiger partial charge on any atom is 0.224 e. The standard InChI is InChI=1S/C19H23NO3/c1-3-22-16-10-12-17(13-11-16)23-14-6-9-19(21)20-18-8-5-4-7-15(18)2/h4-5,7-8,10-13H,3,6,9,14H2,1-2H3,(H,20,21). The lowest BCUT2D eigenvalue weighted by molar-refractivity contribution is -0.116. The lowest BCUT2D eigenvalue weighted by atomic mass is 10.2. The predicted octanol–water partition coefficient (Wildman–Crippen LogP) is 4.19. The van der Waals surface area contributed by atoms with E-state index in [2.05, 4.69) is 5.32 Å². The van der Waals surface area contributed by atoms with Gasteiger partial charge in [-0.1, -0.05) is 18.2 Å². The molecule has 2 aromatic rings. The molecule has 0 spiro atoms. The monoisotopic (exact) mass is 313 g/mol. The van der Waals surface area contributed by atoms with Crippen LogP contribution in [0.2, 0.25) is 0 Å². The summed E-state index contributed by atoms with van der Waals surface area (Å²) in [4.78, 5) is 11.9. The number of para-hydroxylation sites is 1. The molecule has 0 aliphatic heterocycles. The van der Waals surface area contributed by atoms with Crippen molar-refractivity contribution in [3.05, 3.63) is 54.1 Å². The molecule has 0 aromatic heterocycles. The number of amides is 1. The number of hydrogen-bond acceptors (Lipinski definition) is 3. The van der Waals surface area contributed by atoms with Gasteiger partial charge in [0.15, 0.2) is 0 Å². The van der Waals surface area contributed by atoms with Gasteiger partial charge in [-0.3, -0.25) is 4.79 Å². The molecule has 0 aliphatic carbocycles. The highest BCUT2D eigenvalue weighted by Crippen LogP contribution is 2.18. The molecular weight excluding hydrogens is 290 g/mol. The van der Waals surface area contributed by atoms with Crippen LogP contribution in [0.5, 0.6) is 11.5 Å². The number of ether oxygens (including phenoxy) is 2. The van der Waals surface area contributed by atoms with E-state index in [9.17, 15) is 4.79 Å². The molecule has 0 bridgehead atoms. The molecule has 122 valence electrons. The van der Waals surface area contributed by atoms with E-state index in [1.807, 2.05) is 62.4 Å². The van der Waals surface area contributed by atoms with Crippen molar-refractivity contribution in [3.8, 4) is 11.5 Å².